The molecule has 1 amide bonds. The number of benzene rings is 2. The van der Waals surface area contributed by atoms with E-state index in [2.05, 4.69) is 40.0 Å². The van der Waals surface area contributed by atoms with Gasteiger partial charge in [-0.2, -0.15) is 0 Å². The fourth-order valence-corrected chi connectivity index (χ4v) is 5.11. The summed E-state index contributed by atoms with van der Waals surface area (Å²) >= 11 is 1.47. The van der Waals surface area contributed by atoms with Gasteiger partial charge in [0.15, 0.2) is 0 Å². The van der Waals surface area contributed by atoms with Crippen molar-refractivity contribution in [3.63, 3.8) is 0 Å². The number of ether oxygens (including phenoxy) is 1. The van der Waals surface area contributed by atoms with Crippen molar-refractivity contribution in [2.75, 3.05) is 5.32 Å². The molecule has 3 heterocycles. The molecule has 2 aromatic heterocycles. The first-order valence-corrected chi connectivity index (χ1v) is 11.4. The lowest BCUT2D eigenvalue weighted by Gasteiger charge is -2.06. The van der Waals surface area contributed by atoms with Crippen LogP contribution in [0.25, 0.3) is 21.6 Å². The summed E-state index contributed by atoms with van der Waals surface area (Å²) in [6.07, 6.45) is 2.65. The third-order valence-corrected chi connectivity index (χ3v) is 6.79. The second kappa shape index (κ2) is 8.15. The maximum atomic E-state index is 12.4. The number of carbonyl (C=O) groups is 1. The number of amides is 1. The molecule has 6 nitrogen and oxygen atoms in total. The quantitative estimate of drug-likeness (QED) is 0.437. The number of imidazole rings is 1. The number of nitrogens with zero attached hydrogens (tertiary/aromatic N) is 3. The molecule has 158 valence electrons. The molecule has 1 aliphatic rings. The number of thiazole rings is 1. The Kier molecular flexibility index (Phi) is 5.19. The Balaban J connectivity index is 1.26. The summed E-state index contributed by atoms with van der Waals surface area (Å²) in [5.41, 5.74) is 6.19. The van der Waals surface area contributed by atoms with Crippen LogP contribution < -0.4 is 5.32 Å². The summed E-state index contributed by atoms with van der Waals surface area (Å²) in [5.74, 6) is 1.15. The molecule has 0 fully saturated rings. The molecule has 5 rings (SSSR count). The predicted molar refractivity (Wildman–Crippen MR) is 124 cm³/mol. The van der Waals surface area contributed by atoms with E-state index < -0.39 is 6.09 Å². The van der Waals surface area contributed by atoms with Gasteiger partial charge in [-0.1, -0.05) is 48.6 Å². The minimum atomic E-state index is -0.477. The van der Waals surface area contributed by atoms with Crippen LogP contribution in [-0.4, -0.2) is 20.6 Å². The Morgan fingerprint density at radius 2 is 2.10 bits per heavy atom. The van der Waals surface area contributed by atoms with E-state index in [0.717, 1.165) is 64.5 Å². The molecule has 31 heavy (non-hydrogen) atoms. The van der Waals surface area contributed by atoms with Gasteiger partial charge in [0, 0.05) is 18.5 Å². The van der Waals surface area contributed by atoms with Crippen molar-refractivity contribution in [1.29, 1.82) is 0 Å². The average Bonchev–Trinajstić information content (AvgIpc) is 3.47. The number of hydrogen-bond acceptors (Lipinski definition) is 5. The molecule has 0 saturated heterocycles. The molecule has 0 saturated carbocycles. The standard InChI is InChI=1S/C24H24N4O2S/c1-3-17-7-4-5-8-18(17)23-25-15(2)22(31-23)27-24(29)30-14-16-10-11-20-19(13-16)26-21-9-6-12-28(20)21/h4-5,7-8,10-11,13H,3,6,9,12,14H2,1-2H3,(H,27,29). The van der Waals surface area contributed by atoms with Gasteiger partial charge in [-0.25, -0.2) is 14.8 Å². The third-order valence-electron chi connectivity index (χ3n) is 5.68. The van der Waals surface area contributed by atoms with Gasteiger partial charge < -0.3 is 9.30 Å². The molecule has 1 aliphatic heterocycles. The minimum Gasteiger partial charge on any atom is -0.444 e. The van der Waals surface area contributed by atoms with E-state index >= 15 is 0 Å². The number of nitrogens with one attached hydrogen (secondary N) is 1. The van der Waals surface area contributed by atoms with Crippen molar-refractivity contribution in [2.45, 2.75) is 46.3 Å². The lowest BCUT2D eigenvalue weighted by Crippen LogP contribution is -2.13. The summed E-state index contributed by atoms with van der Waals surface area (Å²) in [6.45, 7) is 5.26. The highest BCUT2D eigenvalue weighted by molar-refractivity contribution is 7.19. The zero-order valence-electron chi connectivity index (χ0n) is 17.6. The molecule has 4 aromatic rings. The summed E-state index contributed by atoms with van der Waals surface area (Å²) in [5, 5.41) is 4.47. The van der Waals surface area contributed by atoms with Gasteiger partial charge in [-0.05, 0) is 43.0 Å². The average molecular weight is 433 g/mol. The normalized spacial score (nSPS) is 12.8. The van der Waals surface area contributed by atoms with Crippen molar-refractivity contribution >= 4 is 33.5 Å². The van der Waals surface area contributed by atoms with Crippen molar-refractivity contribution < 1.29 is 9.53 Å². The molecule has 0 radical (unpaired) electrons. The Bertz CT molecular complexity index is 1270. The number of fused-ring (bicyclic) bond motifs is 3. The number of anilines is 1. The van der Waals surface area contributed by atoms with Crippen LogP contribution in [0.5, 0.6) is 0 Å². The summed E-state index contributed by atoms with van der Waals surface area (Å²) in [7, 11) is 0. The monoisotopic (exact) mass is 432 g/mol. The molecule has 1 N–H and O–H groups in total. The van der Waals surface area contributed by atoms with E-state index in [4.69, 9.17) is 9.72 Å². The van der Waals surface area contributed by atoms with Crippen LogP contribution in [0.3, 0.4) is 0 Å². The fourth-order valence-electron chi connectivity index (χ4n) is 4.09. The van der Waals surface area contributed by atoms with Gasteiger partial charge in [0.1, 0.15) is 22.4 Å². The molecule has 0 aliphatic carbocycles. The van der Waals surface area contributed by atoms with Gasteiger partial charge >= 0.3 is 6.09 Å². The number of aromatic nitrogens is 3. The molecule has 0 unspecified atom stereocenters. The van der Waals surface area contributed by atoms with Gasteiger partial charge in [-0.3, -0.25) is 5.32 Å². The fraction of sp³-hybridized carbons (Fsp3) is 0.292. The van der Waals surface area contributed by atoms with Crippen LogP contribution in [0, 0.1) is 6.92 Å². The largest absolute Gasteiger partial charge is 0.444 e. The van der Waals surface area contributed by atoms with Gasteiger partial charge in [0.25, 0.3) is 0 Å². The SMILES string of the molecule is CCc1ccccc1-c1nc(C)c(NC(=O)OCc2ccc3c(c2)nc2n3CCC2)s1. The smallest absolute Gasteiger partial charge is 0.412 e. The van der Waals surface area contributed by atoms with Gasteiger partial charge in [-0.15, -0.1) is 0 Å². The van der Waals surface area contributed by atoms with Crippen LogP contribution in [0.1, 0.15) is 36.0 Å². The van der Waals surface area contributed by atoms with Crippen LogP contribution >= 0.6 is 11.3 Å². The molecular weight excluding hydrogens is 408 g/mol. The topological polar surface area (TPSA) is 69.0 Å². The van der Waals surface area contributed by atoms with Crippen molar-refractivity contribution in [3.05, 3.63) is 65.1 Å². The van der Waals surface area contributed by atoms with E-state index in [0.29, 0.717) is 5.00 Å². The minimum absolute atomic E-state index is 0.202. The Labute approximate surface area is 184 Å². The highest BCUT2D eigenvalue weighted by Gasteiger charge is 2.17. The van der Waals surface area contributed by atoms with Crippen LogP contribution in [-0.2, 0) is 30.7 Å². The van der Waals surface area contributed by atoms with Crippen molar-refractivity contribution in [3.8, 4) is 10.6 Å². The third kappa shape index (κ3) is 3.81. The maximum Gasteiger partial charge on any atom is 0.412 e. The highest BCUT2D eigenvalue weighted by Crippen LogP contribution is 2.34. The summed E-state index contributed by atoms with van der Waals surface area (Å²) < 4.78 is 7.74. The number of hydrogen-bond donors (Lipinski definition) is 1. The van der Waals surface area contributed by atoms with Crippen LogP contribution in [0.15, 0.2) is 42.5 Å². The Morgan fingerprint density at radius 1 is 1.23 bits per heavy atom. The van der Waals surface area contributed by atoms with E-state index in [1.165, 1.54) is 16.9 Å². The van der Waals surface area contributed by atoms with E-state index in [9.17, 15) is 4.79 Å². The number of rotatable bonds is 5. The molecule has 2 aromatic carbocycles. The zero-order chi connectivity index (χ0) is 21.4. The highest BCUT2D eigenvalue weighted by atomic mass is 32.1. The van der Waals surface area contributed by atoms with Crippen LogP contribution in [0.4, 0.5) is 9.80 Å². The van der Waals surface area contributed by atoms with Crippen molar-refractivity contribution in [2.24, 2.45) is 0 Å². The second-order valence-electron chi connectivity index (χ2n) is 7.75. The summed E-state index contributed by atoms with van der Waals surface area (Å²) in [4.78, 5) is 21.8. The predicted octanol–water partition coefficient (Wildman–Crippen LogP) is 5.73. The first kappa shape index (κ1) is 19.8. The molecular formula is C24H24N4O2S. The molecule has 0 spiro atoms. The molecule has 0 atom stereocenters. The van der Waals surface area contributed by atoms with Gasteiger partial charge in [0.2, 0.25) is 0 Å². The molecule has 7 heteroatoms. The van der Waals surface area contributed by atoms with E-state index in [1.807, 2.05) is 31.2 Å². The maximum absolute atomic E-state index is 12.4. The van der Waals surface area contributed by atoms with Gasteiger partial charge in [0.05, 0.1) is 16.7 Å². The molecule has 0 bridgehead atoms. The Hall–Kier alpha value is -3.19. The van der Waals surface area contributed by atoms with E-state index in [-0.39, 0.29) is 6.61 Å². The van der Waals surface area contributed by atoms with E-state index in [1.54, 1.807) is 0 Å². The zero-order valence-corrected chi connectivity index (χ0v) is 18.5. The lowest BCUT2D eigenvalue weighted by molar-refractivity contribution is 0.155. The number of aryl methyl sites for hydroxylation is 4. The van der Waals surface area contributed by atoms with Crippen molar-refractivity contribution in [1.82, 2.24) is 14.5 Å². The first-order valence-electron chi connectivity index (χ1n) is 10.6. The van der Waals surface area contributed by atoms with Crippen LogP contribution in [0.2, 0.25) is 0 Å². The number of carbonyl (C=O) groups excluding carboxylic acids is 1. The lowest BCUT2D eigenvalue weighted by atomic mass is 10.1. The Morgan fingerprint density at radius 3 is 2.97 bits per heavy atom. The summed E-state index contributed by atoms with van der Waals surface area (Å²) in [6, 6.07) is 14.3. The second-order valence-corrected chi connectivity index (χ2v) is 8.75. The first-order chi connectivity index (χ1) is 15.1.